The van der Waals surface area contributed by atoms with E-state index in [1.54, 1.807) is 6.26 Å². The van der Waals surface area contributed by atoms with Crippen molar-refractivity contribution in [2.45, 2.75) is 25.8 Å². The normalized spacial score (nSPS) is 12.6. The smallest absolute Gasteiger partial charge is 0.105 e. The van der Waals surface area contributed by atoms with Crippen LogP contribution in [0.2, 0.25) is 5.02 Å². The van der Waals surface area contributed by atoms with Crippen LogP contribution in [0.1, 0.15) is 30.7 Å². The first-order valence-corrected chi connectivity index (χ1v) is 7.58. The Hall–Kier alpha value is -0.770. The molecule has 1 unspecified atom stereocenters. The summed E-state index contributed by atoms with van der Waals surface area (Å²) in [6.07, 6.45) is 3.63. The number of nitrogens with one attached hydrogen (secondary N) is 1. The third-order valence-corrected chi connectivity index (χ3v) is 4.20. The van der Waals surface area contributed by atoms with E-state index in [0.29, 0.717) is 0 Å². The van der Waals surface area contributed by atoms with E-state index in [2.05, 4.69) is 34.2 Å². The van der Waals surface area contributed by atoms with Gasteiger partial charge in [0.25, 0.3) is 0 Å². The van der Waals surface area contributed by atoms with Crippen LogP contribution in [0.25, 0.3) is 0 Å². The molecule has 0 spiro atoms. The van der Waals surface area contributed by atoms with E-state index < -0.39 is 0 Å². The van der Waals surface area contributed by atoms with Gasteiger partial charge in [0.05, 0.1) is 11.3 Å². The molecule has 0 bridgehead atoms. The fraction of sp³-hybridized carbons (Fsp3) is 0.333. The molecule has 1 atom stereocenters. The lowest BCUT2D eigenvalue weighted by atomic mass is 10.0. The molecular formula is C15H17BrClNO. The molecule has 0 saturated carbocycles. The lowest BCUT2D eigenvalue weighted by molar-refractivity contribution is 0.449. The van der Waals surface area contributed by atoms with Gasteiger partial charge in [-0.2, -0.15) is 0 Å². The Bertz CT molecular complexity index is 513. The molecule has 1 aromatic carbocycles. The second-order valence-corrected chi connectivity index (χ2v) is 5.73. The molecule has 0 aliphatic carbocycles. The lowest BCUT2D eigenvalue weighted by Gasteiger charge is -2.18. The standard InChI is InChI=1S/C15H17BrClNO/c1-2-7-18-15(10-12-4-3-8-19-12)11-5-6-13(16)14(17)9-11/h3-6,8-9,15,18H,2,7,10H2,1H3. The quantitative estimate of drug-likeness (QED) is 0.801. The number of benzene rings is 1. The average Bonchev–Trinajstić information content (AvgIpc) is 2.91. The third kappa shape index (κ3) is 4.10. The number of hydrogen-bond acceptors (Lipinski definition) is 2. The maximum Gasteiger partial charge on any atom is 0.105 e. The highest BCUT2D eigenvalue weighted by Crippen LogP contribution is 2.27. The average molecular weight is 343 g/mol. The van der Waals surface area contributed by atoms with Crippen LogP contribution in [0, 0.1) is 0 Å². The summed E-state index contributed by atoms with van der Waals surface area (Å²) in [5.74, 6) is 0.979. The van der Waals surface area contributed by atoms with Crippen molar-refractivity contribution >= 4 is 27.5 Å². The fourth-order valence-corrected chi connectivity index (χ4v) is 2.42. The maximum absolute atomic E-state index is 6.18. The van der Waals surface area contributed by atoms with Gasteiger partial charge in [0.1, 0.15) is 5.76 Å². The highest BCUT2D eigenvalue weighted by atomic mass is 79.9. The van der Waals surface area contributed by atoms with Crippen LogP contribution in [0.3, 0.4) is 0 Å². The van der Waals surface area contributed by atoms with E-state index >= 15 is 0 Å². The summed E-state index contributed by atoms with van der Waals surface area (Å²) in [6, 6.07) is 10.2. The SMILES string of the molecule is CCCNC(Cc1ccco1)c1ccc(Br)c(Cl)c1. The van der Waals surface area contributed by atoms with Crippen molar-refractivity contribution < 1.29 is 4.42 Å². The van der Waals surface area contributed by atoms with Gasteiger partial charge in [0, 0.05) is 16.9 Å². The molecule has 1 aromatic heterocycles. The summed E-state index contributed by atoms with van der Waals surface area (Å²) in [6.45, 7) is 3.13. The zero-order valence-electron chi connectivity index (χ0n) is 10.8. The second-order valence-electron chi connectivity index (χ2n) is 4.46. The van der Waals surface area contributed by atoms with Gasteiger partial charge in [-0.05, 0) is 58.7 Å². The van der Waals surface area contributed by atoms with Crippen molar-refractivity contribution in [1.82, 2.24) is 5.32 Å². The molecule has 1 heterocycles. The van der Waals surface area contributed by atoms with Crippen LogP contribution in [0.15, 0.2) is 45.5 Å². The Balaban J connectivity index is 2.18. The summed E-state index contributed by atoms with van der Waals surface area (Å²) in [5, 5.41) is 4.27. The summed E-state index contributed by atoms with van der Waals surface area (Å²) >= 11 is 9.60. The first-order chi connectivity index (χ1) is 9.20. The van der Waals surface area contributed by atoms with Crippen LogP contribution in [0.4, 0.5) is 0 Å². The van der Waals surface area contributed by atoms with Crippen molar-refractivity contribution in [3.63, 3.8) is 0 Å². The van der Waals surface area contributed by atoms with E-state index in [4.69, 9.17) is 16.0 Å². The minimum Gasteiger partial charge on any atom is -0.469 e. The van der Waals surface area contributed by atoms with Crippen molar-refractivity contribution in [2.24, 2.45) is 0 Å². The highest BCUT2D eigenvalue weighted by Gasteiger charge is 2.14. The van der Waals surface area contributed by atoms with Gasteiger partial charge in [0.2, 0.25) is 0 Å². The van der Waals surface area contributed by atoms with Gasteiger partial charge in [-0.15, -0.1) is 0 Å². The zero-order valence-corrected chi connectivity index (χ0v) is 13.2. The summed E-state index contributed by atoms with van der Waals surface area (Å²) in [7, 11) is 0. The van der Waals surface area contributed by atoms with Crippen LogP contribution >= 0.6 is 27.5 Å². The molecule has 0 radical (unpaired) electrons. The van der Waals surface area contributed by atoms with Crippen LogP contribution in [-0.2, 0) is 6.42 Å². The Morgan fingerprint density at radius 3 is 2.84 bits per heavy atom. The summed E-state index contributed by atoms with van der Waals surface area (Å²) in [4.78, 5) is 0. The van der Waals surface area contributed by atoms with Gasteiger partial charge in [-0.1, -0.05) is 24.6 Å². The molecule has 0 amide bonds. The Kier molecular flexibility index (Phi) is 5.49. The predicted molar refractivity (Wildman–Crippen MR) is 82.6 cm³/mol. The molecule has 0 saturated heterocycles. The summed E-state index contributed by atoms with van der Waals surface area (Å²) < 4.78 is 6.36. The minimum absolute atomic E-state index is 0.219. The molecular weight excluding hydrogens is 326 g/mol. The first kappa shape index (κ1) is 14.6. The monoisotopic (exact) mass is 341 g/mol. The lowest BCUT2D eigenvalue weighted by Crippen LogP contribution is -2.24. The van der Waals surface area contributed by atoms with Gasteiger partial charge in [-0.3, -0.25) is 0 Å². The first-order valence-electron chi connectivity index (χ1n) is 6.41. The fourth-order valence-electron chi connectivity index (χ4n) is 1.99. The van der Waals surface area contributed by atoms with Crippen molar-refractivity contribution in [3.05, 3.63) is 57.4 Å². The molecule has 0 aliphatic rings. The van der Waals surface area contributed by atoms with Crippen molar-refractivity contribution in [2.75, 3.05) is 6.54 Å². The third-order valence-electron chi connectivity index (χ3n) is 2.97. The van der Waals surface area contributed by atoms with Gasteiger partial charge in [0.15, 0.2) is 0 Å². The van der Waals surface area contributed by atoms with E-state index in [9.17, 15) is 0 Å². The zero-order chi connectivity index (χ0) is 13.7. The van der Waals surface area contributed by atoms with Crippen LogP contribution in [-0.4, -0.2) is 6.54 Å². The Morgan fingerprint density at radius 2 is 2.21 bits per heavy atom. The number of halogens is 2. The summed E-state index contributed by atoms with van der Waals surface area (Å²) in [5.41, 5.74) is 1.18. The van der Waals surface area contributed by atoms with Gasteiger partial charge in [-0.25, -0.2) is 0 Å². The number of furan rings is 1. The number of rotatable bonds is 6. The number of hydrogen-bond donors (Lipinski definition) is 1. The Labute approximate surface area is 127 Å². The van der Waals surface area contributed by atoms with E-state index in [0.717, 1.165) is 34.6 Å². The van der Waals surface area contributed by atoms with Crippen molar-refractivity contribution in [3.8, 4) is 0 Å². The predicted octanol–water partition coefficient (Wildman–Crippen LogP) is 4.98. The topological polar surface area (TPSA) is 25.2 Å². The second kappa shape index (κ2) is 7.13. The van der Waals surface area contributed by atoms with Crippen LogP contribution < -0.4 is 5.32 Å². The maximum atomic E-state index is 6.18. The molecule has 2 aromatic rings. The van der Waals surface area contributed by atoms with Crippen LogP contribution in [0.5, 0.6) is 0 Å². The molecule has 1 N–H and O–H groups in total. The minimum atomic E-state index is 0.219. The van der Waals surface area contributed by atoms with Crippen molar-refractivity contribution in [1.29, 1.82) is 0 Å². The molecule has 2 nitrogen and oxygen atoms in total. The van der Waals surface area contributed by atoms with Gasteiger partial charge < -0.3 is 9.73 Å². The van der Waals surface area contributed by atoms with E-state index in [1.807, 2.05) is 24.3 Å². The van der Waals surface area contributed by atoms with E-state index in [-0.39, 0.29) is 6.04 Å². The van der Waals surface area contributed by atoms with Gasteiger partial charge >= 0.3 is 0 Å². The molecule has 2 rings (SSSR count). The van der Waals surface area contributed by atoms with E-state index in [1.165, 1.54) is 5.56 Å². The molecule has 0 aliphatic heterocycles. The molecule has 102 valence electrons. The Morgan fingerprint density at radius 1 is 1.37 bits per heavy atom. The largest absolute Gasteiger partial charge is 0.469 e. The molecule has 19 heavy (non-hydrogen) atoms. The molecule has 0 fully saturated rings. The highest BCUT2D eigenvalue weighted by molar-refractivity contribution is 9.10. The molecule has 4 heteroatoms.